The Hall–Kier alpha value is -0.950. The lowest BCUT2D eigenvalue weighted by molar-refractivity contribution is 0.185. The first kappa shape index (κ1) is 15.4. The van der Waals surface area contributed by atoms with Crippen molar-refractivity contribution in [3.63, 3.8) is 0 Å². The first-order valence-corrected chi connectivity index (χ1v) is 8.55. The highest BCUT2D eigenvalue weighted by Gasteiger charge is 2.19. The molecule has 0 aromatic heterocycles. The van der Waals surface area contributed by atoms with E-state index >= 15 is 0 Å². The highest BCUT2D eigenvalue weighted by molar-refractivity contribution is 7.99. The minimum Gasteiger partial charge on any atom is -0.312 e. The van der Waals surface area contributed by atoms with Crippen LogP contribution in [0.3, 0.4) is 0 Å². The van der Waals surface area contributed by atoms with Gasteiger partial charge in [-0.05, 0) is 24.9 Å². The SMILES string of the molecule is C#CCSCCNC1CCCN(Cc2ccccc2)C1. The molecule has 0 bridgehead atoms. The van der Waals surface area contributed by atoms with E-state index in [2.05, 4.69) is 46.5 Å². The summed E-state index contributed by atoms with van der Waals surface area (Å²) in [4.78, 5) is 2.56. The molecule has 20 heavy (non-hydrogen) atoms. The highest BCUT2D eigenvalue weighted by Crippen LogP contribution is 2.13. The number of nitrogens with zero attached hydrogens (tertiary/aromatic N) is 1. The second kappa shape index (κ2) is 9.07. The number of terminal acetylenes is 1. The first-order chi connectivity index (χ1) is 9.88. The van der Waals surface area contributed by atoms with Gasteiger partial charge in [0.1, 0.15) is 0 Å². The Kier molecular flexibility index (Phi) is 7.00. The third-order valence-corrected chi connectivity index (χ3v) is 4.48. The van der Waals surface area contributed by atoms with Crippen LogP contribution in [0.4, 0.5) is 0 Å². The molecule has 0 spiro atoms. The monoisotopic (exact) mass is 288 g/mol. The Morgan fingerprint density at radius 2 is 2.20 bits per heavy atom. The molecule has 1 heterocycles. The van der Waals surface area contributed by atoms with E-state index in [9.17, 15) is 0 Å². The first-order valence-electron chi connectivity index (χ1n) is 7.39. The highest BCUT2D eigenvalue weighted by atomic mass is 32.2. The third kappa shape index (κ3) is 5.58. The van der Waals surface area contributed by atoms with Crippen LogP contribution in [0, 0.1) is 12.3 Å². The Morgan fingerprint density at radius 1 is 1.35 bits per heavy atom. The van der Waals surface area contributed by atoms with Gasteiger partial charge in [0.05, 0.1) is 5.75 Å². The zero-order valence-electron chi connectivity index (χ0n) is 12.1. The number of rotatable bonds is 7. The lowest BCUT2D eigenvalue weighted by Gasteiger charge is -2.33. The summed E-state index contributed by atoms with van der Waals surface area (Å²) < 4.78 is 0. The van der Waals surface area contributed by atoms with Gasteiger partial charge in [0, 0.05) is 31.4 Å². The van der Waals surface area contributed by atoms with Crippen molar-refractivity contribution in [3.8, 4) is 12.3 Å². The minimum atomic E-state index is 0.638. The number of nitrogens with one attached hydrogen (secondary N) is 1. The summed E-state index contributed by atoms with van der Waals surface area (Å²) in [5.41, 5.74) is 1.41. The van der Waals surface area contributed by atoms with Crippen LogP contribution in [-0.4, -0.2) is 42.1 Å². The number of hydrogen-bond acceptors (Lipinski definition) is 3. The Labute approximate surface area is 127 Å². The van der Waals surface area contributed by atoms with E-state index in [0.717, 1.165) is 31.1 Å². The molecule has 108 valence electrons. The molecule has 0 aliphatic carbocycles. The van der Waals surface area contributed by atoms with Gasteiger partial charge in [-0.25, -0.2) is 0 Å². The Bertz CT molecular complexity index is 413. The lowest BCUT2D eigenvalue weighted by Crippen LogP contribution is -2.45. The van der Waals surface area contributed by atoms with Gasteiger partial charge in [0.15, 0.2) is 0 Å². The Balaban J connectivity index is 1.68. The predicted octanol–water partition coefficient (Wildman–Crippen LogP) is 2.61. The molecule has 1 fully saturated rings. The van der Waals surface area contributed by atoms with Gasteiger partial charge in [0.2, 0.25) is 0 Å². The second-order valence-corrected chi connectivity index (χ2v) is 6.38. The van der Waals surface area contributed by atoms with Gasteiger partial charge < -0.3 is 5.32 Å². The standard InChI is InChI=1S/C17H24N2S/c1-2-12-20-13-10-18-17-9-6-11-19(15-17)14-16-7-4-3-5-8-16/h1,3-5,7-8,17-18H,6,9-15H2. The summed E-state index contributed by atoms with van der Waals surface area (Å²) in [5.74, 6) is 4.60. The van der Waals surface area contributed by atoms with E-state index in [0.29, 0.717) is 6.04 Å². The average Bonchev–Trinajstić information content (AvgIpc) is 2.48. The molecule has 1 aliphatic rings. The molecule has 1 unspecified atom stereocenters. The van der Waals surface area contributed by atoms with E-state index < -0.39 is 0 Å². The molecule has 1 aromatic rings. The average molecular weight is 288 g/mol. The van der Waals surface area contributed by atoms with Crippen molar-refractivity contribution < 1.29 is 0 Å². The van der Waals surface area contributed by atoms with E-state index in [-0.39, 0.29) is 0 Å². The van der Waals surface area contributed by atoms with E-state index in [1.807, 2.05) is 11.8 Å². The van der Waals surface area contributed by atoms with Crippen molar-refractivity contribution in [1.82, 2.24) is 10.2 Å². The zero-order chi connectivity index (χ0) is 14.0. The van der Waals surface area contributed by atoms with E-state index in [1.165, 1.54) is 24.9 Å². The third-order valence-electron chi connectivity index (χ3n) is 3.62. The maximum Gasteiger partial charge on any atom is 0.0545 e. The maximum atomic E-state index is 5.25. The summed E-state index contributed by atoms with van der Waals surface area (Å²) in [6.45, 7) is 4.52. The van der Waals surface area contributed by atoms with Crippen molar-refractivity contribution >= 4 is 11.8 Å². The summed E-state index contributed by atoms with van der Waals surface area (Å²) in [6, 6.07) is 11.4. The van der Waals surface area contributed by atoms with E-state index in [1.54, 1.807) is 0 Å². The van der Waals surface area contributed by atoms with Crippen LogP contribution in [0.5, 0.6) is 0 Å². The fourth-order valence-electron chi connectivity index (χ4n) is 2.67. The molecule has 0 amide bonds. The molecule has 0 radical (unpaired) electrons. The molecule has 2 nitrogen and oxygen atoms in total. The van der Waals surface area contributed by atoms with Crippen molar-refractivity contribution in [1.29, 1.82) is 0 Å². The maximum absolute atomic E-state index is 5.25. The normalized spacial score (nSPS) is 19.6. The molecule has 2 rings (SSSR count). The predicted molar refractivity (Wildman–Crippen MR) is 88.9 cm³/mol. The van der Waals surface area contributed by atoms with Crippen molar-refractivity contribution in [2.75, 3.05) is 31.1 Å². The molecule has 1 aliphatic heterocycles. The van der Waals surface area contributed by atoms with Crippen LogP contribution < -0.4 is 5.32 Å². The fourth-order valence-corrected chi connectivity index (χ4v) is 3.20. The van der Waals surface area contributed by atoms with Crippen LogP contribution in [-0.2, 0) is 6.54 Å². The molecule has 0 saturated carbocycles. The van der Waals surface area contributed by atoms with Crippen molar-refractivity contribution in [2.45, 2.75) is 25.4 Å². The second-order valence-electron chi connectivity index (χ2n) is 5.27. The smallest absolute Gasteiger partial charge is 0.0545 e. The Morgan fingerprint density at radius 3 is 3.00 bits per heavy atom. The molecule has 1 saturated heterocycles. The molecule has 3 heteroatoms. The quantitative estimate of drug-likeness (QED) is 0.613. The van der Waals surface area contributed by atoms with Gasteiger partial charge in [-0.1, -0.05) is 36.3 Å². The van der Waals surface area contributed by atoms with Gasteiger partial charge in [0.25, 0.3) is 0 Å². The van der Waals surface area contributed by atoms with Gasteiger partial charge in [-0.15, -0.1) is 18.2 Å². The molecule has 1 aromatic carbocycles. The summed E-state index contributed by atoms with van der Waals surface area (Å²) in [6.07, 6.45) is 7.84. The topological polar surface area (TPSA) is 15.3 Å². The van der Waals surface area contributed by atoms with Crippen molar-refractivity contribution in [3.05, 3.63) is 35.9 Å². The number of thioether (sulfide) groups is 1. The zero-order valence-corrected chi connectivity index (χ0v) is 12.9. The number of benzene rings is 1. The summed E-state index contributed by atoms with van der Waals surface area (Å²) in [5, 5.41) is 3.67. The molecular formula is C17H24N2S. The summed E-state index contributed by atoms with van der Waals surface area (Å²) >= 11 is 1.83. The largest absolute Gasteiger partial charge is 0.312 e. The van der Waals surface area contributed by atoms with Crippen LogP contribution in [0.1, 0.15) is 18.4 Å². The van der Waals surface area contributed by atoms with Gasteiger partial charge in [-0.2, -0.15) is 0 Å². The van der Waals surface area contributed by atoms with E-state index in [4.69, 9.17) is 6.42 Å². The molecule has 1 atom stereocenters. The van der Waals surface area contributed by atoms with Gasteiger partial charge >= 0.3 is 0 Å². The lowest BCUT2D eigenvalue weighted by atomic mass is 10.0. The van der Waals surface area contributed by atoms with Crippen LogP contribution in [0.15, 0.2) is 30.3 Å². The molecular weight excluding hydrogens is 264 g/mol. The number of hydrogen-bond donors (Lipinski definition) is 1. The van der Waals surface area contributed by atoms with Crippen LogP contribution in [0.2, 0.25) is 0 Å². The number of piperidine rings is 1. The summed E-state index contributed by atoms with van der Waals surface area (Å²) in [7, 11) is 0. The number of likely N-dealkylation sites (tertiary alicyclic amines) is 1. The minimum absolute atomic E-state index is 0.638. The van der Waals surface area contributed by atoms with Crippen LogP contribution in [0.25, 0.3) is 0 Å². The molecule has 1 N–H and O–H groups in total. The van der Waals surface area contributed by atoms with Gasteiger partial charge in [-0.3, -0.25) is 4.90 Å². The van der Waals surface area contributed by atoms with Crippen molar-refractivity contribution in [2.24, 2.45) is 0 Å². The fraction of sp³-hybridized carbons (Fsp3) is 0.529. The van der Waals surface area contributed by atoms with Crippen LogP contribution >= 0.6 is 11.8 Å².